The van der Waals surface area contributed by atoms with Crippen LogP contribution in [0.25, 0.3) is 0 Å². The molecule has 0 unspecified atom stereocenters. The van der Waals surface area contributed by atoms with Crippen LogP contribution in [0.4, 0.5) is 0 Å². The Kier molecular flexibility index (Phi) is 3.81. The standard InChI is InChI=1S/C16H14BrClO/c17-10-11-4-7-16(15(18)8-11)19-14-6-5-12-2-1-3-13(12)9-14/h4-9H,1-3,10H2. The Morgan fingerprint density at radius 1 is 1.05 bits per heavy atom. The zero-order chi connectivity index (χ0) is 13.2. The minimum atomic E-state index is 0.650. The molecular weight excluding hydrogens is 324 g/mol. The molecular formula is C16H14BrClO. The summed E-state index contributed by atoms with van der Waals surface area (Å²) in [4.78, 5) is 0. The lowest BCUT2D eigenvalue weighted by molar-refractivity contribution is 0.482. The molecule has 1 nitrogen and oxygen atoms in total. The summed E-state index contributed by atoms with van der Waals surface area (Å²) in [7, 11) is 0. The lowest BCUT2D eigenvalue weighted by Gasteiger charge is -2.10. The van der Waals surface area contributed by atoms with Gasteiger partial charge in [0.1, 0.15) is 11.5 Å². The highest BCUT2D eigenvalue weighted by Crippen LogP contribution is 2.33. The van der Waals surface area contributed by atoms with Gasteiger partial charge in [-0.25, -0.2) is 0 Å². The van der Waals surface area contributed by atoms with Crippen LogP contribution >= 0.6 is 27.5 Å². The van der Waals surface area contributed by atoms with E-state index in [0.29, 0.717) is 10.8 Å². The number of alkyl halides is 1. The third-order valence-corrected chi connectivity index (χ3v) is 4.39. The molecule has 2 aromatic carbocycles. The average Bonchev–Trinajstić information content (AvgIpc) is 2.88. The summed E-state index contributed by atoms with van der Waals surface area (Å²) < 4.78 is 5.89. The number of fused-ring (bicyclic) bond motifs is 1. The maximum atomic E-state index is 6.23. The van der Waals surface area contributed by atoms with Crippen molar-refractivity contribution in [2.75, 3.05) is 0 Å². The predicted octanol–water partition coefficient (Wildman–Crippen LogP) is 5.52. The minimum absolute atomic E-state index is 0.650. The van der Waals surface area contributed by atoms with Crippen LogP contribution in [0.3, 0.4) is 0 Å². The van der Waals surface area contributed by atoms with Crippen LogP contribution in [-0.4, -0.2) is 0 Å². The van der Waals surface area contributed by atoms with Crippen LogP contribution in [-0.2, 0) is 18.2 Å². The molecule has 0 fully saturated rings. The highest BCUT2D eigenvalue weighted by Gasteiger charge is 2.12. The molecule has 0 bridgehead atoms. The van der Waals surface area contributed by atoms with Crippen LogP contribution in [0.15, 0.2) is 36.4 Å². The van der Waals surface area contributed by atoms with E-state index in [2.05, 4.69) is 28.1 Å². The van der Waals surface area contributed by atoms with Crippen molar-refractivity contribution in [2.45, 2.75) is 24.6 Å². The molecule has 3 heteroatoms. The van der Waals surface area contributed by atoms with E-state index in [-0.39, 0.29) is 0 Å². The van der Waals surface area contributed by atoms with E-state index in [4.69, 9.17) is 16.3 Å². The summed E-state index contributed by atoms with van der Waals surface area (Å²) in [6.07, 6.45) is 3.60. The van der Waals surface area contributed by atoms with Gasteiger partial charge in [0, 0.05) is 5.33 Å². The van der Waals surface area contributed by atoms with Gasteiger partial charge in [-0.15, -0.1) is 0 Å². The predicted molar refractivity (Wildman–Crippen MR) is 82.6 cm³/mol. The van der Waals surface area contributed by atoms with Gasteiger partial charge in [0.15, 0.2) is 0 Å². The molecule has 98 valence electrons. The first-order chi connectivity index (χ1) is 9.26. The third-order valence-electron chi connectivity index (χ3n) is 3.45. The lowest BCUT2D eigenvalue weighted by Crippen LogP contribution is -1.89. The Labute approximate surface area is 126 Å². The van der Waals surface area contributed by atoms with Crippen molar-refractivity contribution >= 4 is 27.5 Å². The van der Waals surface area contributed by atoms with Gasteiger partial charge in [0.25, 0.3) is 0 Å². The fourth-order valence-corrected chi connectivity index (χ4v) is 3.04. The van der Waals surface area contributed by atoms with Crippen LogP contribution in [0.1, 0.15) is 23.1 Å². The van der Waals surface area contributed by atoms with Crippen LogP contribution in [0, 0.1) is 0 Å². The van der Waals surface area contributed by atoms with Crippen molar-refractivity contribution in [1.82, 2.24) is 0 Å². The number of hydrogen-bond acceptors (Lipinski definition) is 1. The molecule has 0 aliphatic heterocycles. The minimum Gasteiger partial charge on any atom is -0.456 e. The van der Waals surface area contributed by atoms with Crippen LogP contribution in [0.2, 0.25) is 5.02 Å². The highest BCUT2D eigenvalue weighted by atomic mass is 79.9. The van der Waals surface area contributed by atoms with E-state index in [1.807, 2.05) is 24.3 Å². The molecule has 0 aromatic heterocycles. The molecule has 0 spiro atoms. The summed E-state index contributed by atoms with van der Waals surface area (Å²) in [6, 6.07) is 12.2. The Hall–Kier alpha value is -0.990. The monoisotopic (exact) mass is 336 g/mol. The van der Waals surface area contributed by atoms with Crippen LogP contribution < -0.4 is 4.74 Å². The van der Waals surface area contributed by atoms with Gasteiger partial charge in [-0.1, -0.05) is 39.7 Å². The van der Waals surface area contributed by atoms with Gasteiger partial charge in [-0.2, -0.15) is 0 Å². The summed E-state index contributed by atoms with van der Waals surface area (Å²) in [5, 5.41) is 1.45. The first kappa shape index (κ1) is 13.0. The van der Waals surface area contributed by atoms with Gasteiger partial charge in [0.05, 0.1) is 5.02 Å². The van der Waals surface area contributed by atoms with E-state index >= 15 is 0 Å². The van der Waals surface area contributed by atoms with Crippen LogP contribution in [0.5, 0.6) is 11.5 Å². The lowest BCUT2D eigenvalue weighted by atomic mass is 10.1. The first-order valence-corrected chi connectivity index (χ1v) is 7.90. The maximum absolute atomic E-state index is 6.23. The number of benzene rings is 2. The van der Waals surface area contributed by atoms with Crippen molar-refractivity contribution in [2.24, 2.45) is 0 Å². The fraction of sp³-hybridized carbons (Fsp3) is 0.250. The molecule has 3 rings (SSSR count). The van der Waals surface area contributed by atoms with E-state index in [9.17, 15) is 0 Å². The summed E-state index contributed by atoms with van der Waals surface area (Å²) in [5.41, 5.74) is 4.00. The second kappa shape index (κ2) is 5.56. The zero-order valence-electron chi connectivity index (χ0n) is 10.5. The van der Waals surface area contributed by atoms with E-state index < -0.39 is 0 Å². The van der Waals surface area contributed by atoms with Gasteiger partial charge in [0.2, 0.25) is 0 Å². The molecule has 19 heavy (non-hydrogen) atoms. The topological polar surface area (TPSA) is 9.23 Å². The third kappa shape index (κ3) is 2.80. The molecule has 0 N–H and O–H groups in total. The normalized spacial score (nSPS) is 13.4. The number of ether oxygens (including phenoxy) is 1. The van der Waals surface area contributed by atoms with Gasteiger partial charge in [-0.05, 0) is 60.2 Å². The molecule has 0 atom stereocenters. The Balaban J connectivity index is 1.85. The van der Waals surface area contributed by atoms with Crippen molar-refractivity contribution in [3.63, 3.8) is 0 Å². The van der Waals surface area contributed by atoms with Crippen molar-refractivity contribution in [3.05, 3.63) is 58.1 Å². The van der Waals surface area contributed by atoms with Crippen molar-refractivity contribution in [3.8, 4) is 11.5 Å². The summed E-state index contributed by atoms with van der Waals surface area (Å²) in [5.74, 6) is 1.58. The molecule has 0 saturated carbocycles. The van der Waals surface area contributed by atoms with Gasteiger partial charge < -0.3 is 4.74 Å². The first-order valence-electron chi connectivity index (χ1n) is 6.40. The van der Waals surface area contributed by atoms with Crippen molar-refractivity contribution in [1.29, 1.82) is 0 Å². The fourth-order valence-electron chi connectivity index (χ4n) is 2.45. The molecule has 2 aromatic rings. The summed E-state index contributed by atoms with van der Waals surface area (Å²) in [6.45, 7) is 0. The SMILES string of the molecule is Clc1cc(CBr)ccc1Oc1ccc2c(c1)CCC2. The molecule has 0 heterocycles. The molecule has 1 aliphatic carbocycles. The van der Waals surface area contributed by atoms with E-state index in [0.717, 1.165) is 23.1 Å². The maximum Gasteiger partial charge on any atom is 0.146 e. The Morgan fingerprint density at radius 2 is 1.89 bits per heavy atom. The van der Waals surface area contributed by atoms with Gasteiger partial charge in [-0.3, -0.25) is 0 Å². The van der Waals surface area contributed by atoms with Gasteiger partial charge >= 0.3 is 0 Å². The molecule has 1 aliphatic rings. The molecule has 0 amide bonds. The Morgan fingerprint density at radius 3 is 2.68 bits per heavy atom. The molecule has 0 saturated heterocycles. The largest absolute Gasteiger partial charge is 0.456 e. The van der Waals surface area contributed by atoms with Crippen molar-refractivity contribution < 1.29 is 4.74 Å². The average molecular weight is 338 g/mol. The number of hydrogen-bond donors (Lipinski definition) is 0. The summed E-state index contributed by atoms with van der Waals surface area (Å²) >= 11 is 9.65. The second-order valence-corrected chi connectivity index (χ2v) is 5.75. The second-order valence-electron chi connectivity index (χ2n) is 4.78. The van der Waals surface area contributed by atoms with E-state index in [1.165, 1.54) is 24.0 Å². The highest BCUT2D eigenvalue weighted by molar-refractivity contribution is 9.08. The number of rotatable bonds is 3. The quantitative estimate of drug-likeness (QED) is 0.670. The number of halogens is 2. The number of aryl methyl sites for hydroxylation is 2. The zero-order valence-corrected chi connectivity index (χ0v) is 12.8. The smallest absolute Gasteiger partial charge is 0.146 e. The Bertz CT molecular complexity index is 610. The van der Waals surface area contributed by atoms with E-state index in [1.54, 1.807) is 0 Å². The molecule has 0 radical (unpaired) electrons.